The summed E-state index contributed by atoms with van der Waals surface area (Å²) in [5.74, 6) is -0.515. The second-order valence-corrected chi connectivity index (χ2v) is 5.72. The molecule has 0 N–H and O–H groups in total. The predicted molar refractivity (Wildman–Crippen MR) is 90.3 cm³/mol. The molecule has 6 nitrogen and oxygen atoms in total. The van der Waals surface area contributed by atoms with Crippen molar-refractivity contribution in [3.8, 4) is 11.3 Å². The highest BCUT2D eigenvalue weighted by atomic mass is 16.5. The van der Waals surface area contributed by atoms with E-state index in [1.165, 1.54) is 6.92 Å². The van der Waals surface area contributed by atoms with Crippen molar-refractivity contribution in [3.63, 3.8) is 0 Å². The van der Waals surface area contributed by atoms with Gasteiger partial charge in [0.1, 0.15) is 0 Å². The van der Waals surface area contributed by atoms with Gasteiger partial charge >= 0.3 is 5.97 Å². The van der Waals surface area contributed by atoms with Crippen LogP contribution in [0, 0.1) is 6.92 Å². The van der Waals surface area contributed by atoms with Crippen LogP contribution in [0.2, 0.25) is 0 Å². The number of imidazole rings is 1. The molecule has 0 aliphatic rings. The molecule has 24 heavy (non-hydrogen) atoms. The molecule has 3 aromatic heterocycles. The van der Waals surface area contributed by atoms with Crippen molar-refractivity contribution >= 4 is 17.3 Å². The smallest absolute Gasteiger partial charge is 0.338 e. The van der Waals surface area contributed by atoms with Crippen molar-refractivity contribution in [1.82, 2.24) is 14.0 Å². The number of esters is 1. The number of hydrogen-bond donors (Lipinski definition) is 0. The van der Waals surface area contributed by atoms with Gasteiger partial charge in [0.2, 0.25) is 0 Å². The predicted octanol–water partition coefficient (Wildman–Crippen LogP) is 3.03. The second kappa shape index (κ2) is 5.96. The fraction of sp³-hybridized carbons (Fsp3) is 0.278. The topological polar surface area (TPSA) is 65.6 Å². The standard InChI is InChI=1S/C18H19N3O3/c1-5-24-18(23)15-7-14-6-13(16-8-19-10-20(16)4)9-21(14)17(11(15)2)12(3)22/h6-10H,5H2,1-4H3. The highest BCUT2D eigenvalue weighted by molar-refractivity contribution is 6.01. The number of rotatable bonds is 4. The third-order valence-electron chi connectivity index (χ3n) is 4.08. The molecule has 0 radical (unpaired) electrons. The number of ether oxygens (including phenoxy) is 1. The zero-order valence-electron chi connectivity index (χ0n) is 14.2. The van der Waals surface area contributed by atoms with E-state index in [1.807, 2.05) is 28.3 Å². The summed E-state index contributed by atoms with van der Waals surface area (Å²) in [6, 6.07) is 3.70. The first kappa shape index (κ1) is 16.0. The Morgan fingerprint density at radius 1 is 1.29 bits per heavy atom. The molecule has 0 aliphatic carbocycles. The number of aryl methyl sites for hydroxylation is 1. The molecule has 3 aromatic rings. The van der Waals surface area contributed by atoms with Gasteiger partial charge in [-0.1, -0.05) is 0 Å². The van der Waals surface area contributed by atoms with Crippen LogP contribution in [0.4, 0.5) is 0 Å². The monoisotopic (exact) mass is 325 g/mol. The number of aromatic nitrogens is 3. The van der Waals surface area contributed by atoms with Crippen LogP contribution in [-0.2, 0) is 11.8 Å². The molecule has 0 spiro atoms. The normalized spacial score (nSPS) is 11.0. The Morgan fingerprint density at radius 2 is 2.04 bits per heavy atom. The zero-order valence-corrected chi connectivity index (χ0v) is 14.2. The minimum Gasteiger partial charge on any atom is -0.462 e. The number of carbonyl (C=O) groups is 2. The van der Waals surface area contributed by atoms with Crippen LogP contribution in [0.1, 0.15) is 40.3 Å². The van der Waals surface area contributed by atoms with Crippen LogP contribution in [0.25, 0.3) is 16.8 Å². The third-order valence-corrected chi connectivity index (χ3v) is 4.08. The van der Waals surface area contributed by atoms with Crippen LogP contribution in [0.3, 0.4) is 0 Å². The Morgan fingerprint density at radius 3 is 2.62 bits per heavy atom. The van der Waals surface area contributed by atoms with Crippen molar-refractivity contribution in [2.24, 2.45) is 7.05 Å². The van der Waals surface area contributed by atoms with E-state index < -0.39 is 5.97 Å². The van der Waals surface area contributed by atoms with Gasteiger partial charge in [-0.05, 0) is 31.5 Å². The first-order chi connectivity index (χ1) is 11.4. The van der Waals surface area contributed by atoms with Crippen LogP contribution in [0.15, 0.2) is 30.9 Å². The molecule has 0 atom stereocenters. The lowest BCUT2D eigenvalue weighted by Crippen LogP contribution is -2.13. The molecular weight excluding hydrogens is 306 g/mol. The summed E-state index contributed by atoms with van der Waals surface area (Å²) in [6.45, 7) is 5.32. The highest BCUT2D eigenvalue weighted by Gasteiger charge is 2.20. The number of pyridine rings is 1. The molecule has 0 unspecified atom stereocenters. The lowest BCUT2D eigenvalue weighted by Gasteiger charge is -2.12. The van der Waals surface area contributed by atoms with Crippen molar-refractivity contribution in [2.75, 3.05) is 6.61 Å². The third kappa shape index (κ3) is 2.50. The molecule has 3 rings (SSSR count). The summed E-state index contributed by atoms with van der Waals surface area (Å²) in [6.07, 6.45) is 5.38. The molecular formula is C18H19N3O3. The van der Waals surface area contributed by atoms with Gasteiger partial charge in [-0.3, -0.25) is 4.79 Å². The van der Waals surface area contributed by atoms with Crippen molar-refractivity contribution < 1.29 is 14.3 Å². The number of nitrogens with zero attached hydrogens (tertiary/aromatic N) is 3. The summed E-state index contributed by atoms with van der Waals surface area (Å²) < 4.78 is 8.84. The number of hydrogen-bond acceptors (Lipinski definition) is 4. The van der Waals surface area contributed by atoms with E-state index in [4.69, 9.17) is 4.74 Å². The quantitative estimate of drug-likeness (QED) is 0.546. The van der Waals surface area contributed by atoms with E-state index in [0.29, 0.717) is 23.4 Å². The molecule has 3 heterocycles. The molecule has 0 aliphatic heterocycles. The van der Waals surface area contributed by atoms with Crippen LogP contribution in [-0.4, -0.2) is 32.3 Å². The second-order valence-electron chi connectivity index (χ2n) is 5.72. The number of carbonyl (C=O) groups excluding carboxylic acids is 2. The van der Waals surface area contributed by atoms with E-state index in [9.17, 15) is 9.59 Å². The van der Waals surface area contributed by atoms with E-state index in [0.717, 1.165) is 16.8 Å². The Labute approximate surface area is 139 Å². The lowest BCUT2D eigenvalue weighted by atomic mass is 10.0. The van der Waals surface area contributed by atoms with Gasteiger partial charge in [0.05, 0.1) is 36.1 Å². The van der Waals surface area contributed by atoms with Gasteiger partial charge in [0.15, 0.2) is 5.78 Å². The van der Waals surface area contributed by atoms with Crippen molar-refractivity contribution in [3.05, 3.63) is 47.7 Å². The van der Waals surface area contributed by atoms with E-state index in [2.05, 4.69) is 4.98 Å². The molecule has 124 valence electrons. The number of Topliss-reactive ketones (excluding diaryl/α,β-unsaturated/α-hetero) is 1. The minimum atomic E-state index is -0.414. The van der Waals surface area contributed by atoms with E-state index >= 15 is 0 Å². The Kier molecular flexibility index (Phi) is 3.97. The summed E-state index contributed by atoms with van der Waals surface area (Å²) >= 11 is 0. The van der Waals surface area contributed by atoms with Crippen LogP contribution < -0.4 is 0 Å². The lowest BCUT2D eigenvalue weighted by molar-refractivity contribution is 0.0525. The van der Waals surface area contributed by atoms with Gasteiger partial charge in [-0.25, -0.2) is 9.78 Å². The van der Waals surface area contributed by atoms with Gasteiger partial charge in [-0.15, -0.1) is 0 Å². The zero-order chi connectivity index (χ0) is 17.4. The van der Waals surface area contributed by atoms with Crippen LogP contribution in [0.5, 0.6) is 0 Å². The fourth-order valence-electron chi connectivity index (χ4n) is 2.98. The maximum absolute atomic E-state index is 12.2. The summed E-state index contributed by atoms with van der Waals surface area (Å²) in [7, 11) is 1.91. The minimum absolute atomic E-state index is 0.101. The number of ketones is 1. The Bertz CT molecular complexity index is 950. The van der Waals surface area contributed by atoms with Crippen LogP contribution >= 0.6 is 0 Å². The Balaban J connectivity index is 2.28. The molecule has 0 saturated heterocycles. The molecule has 0 amide bonds. The molecule has 0 saturated carbocycles. The Hall–Kier alpha value is -2.89. The molecule has 6 heteroatoms. The van der Waals surface area contributed by atoms with Gasteiger partial charge < -0.3 is 13.7 Å². The SMILES string of the molecule is CCOC(=O)c1cc2cc(-c3cncn3C)cn2c(C(C)=O)c1C. The number of fused-ring (bicyclic) bond motifs is 1. The van der Waals surface area contributed by atoms with E-state index in [1.54, 1.807) is 32.4 Å². The molecule has 0 fully saturated rings. The van der Waals surface area contributed by atoms with Crippen molar-refractivity contribution in [2.45, 2.75) is 20.8 Å². The maximum atomic E-state index is 12.2. The molecule has 0 aromatic carbocycles. The van der Waals surface area contributed by atoms with Crippen molar-refractivity contribution in [1.29, 1.82) is 0 Å². The maximum Gasteiger partial charge on any atom is 0.338 e. The van der Waals surface area contributed by atoms with Gasteiger partial charge in [0.25, 0.3) is 0 Å². The largest absolute Gasteiger partial charge is 0.462 e. The average molecular weight is 325 g/mol. The first-order valence-corrected chi connectivity index (χ1v) is 7.74. The highest BCUT2D eigenvalue weighted by Crippen LogP contribution is 2.27. The first-order valence-electron chi connectivity index (χ1n) is 7.74. The summed E-state index contributed by atoms with van der Waals surface area (Å²) in [5.41, 5.74) is 4.17. The fourth-order valence-corrected chi connectivity index (χ4v) is 2.98. The van der Waals surface area contributed by atoms with Gasteiger partial charge in [-0.2, -0.15) is 0 Å². The van der Waals surface area contributed by atoms with Gasteiger partial charge in [0, 0.05) is 31.2 Å². The summed E-state index contributed by atoms with van der Waals surface area (Å²) in [5, 5.41) is 0. The average Bonchev–Trinajstić information content (AvgIpc) is 3.11. The van der Waals surface area contributed by atoms with E-state index in [-0.39, 0.29) is 5.78 Å². The molecule has 0 bridgehead atoms. The summed E-state index contributed by atoms with van der Waals surface area (Å²) in [4.78, 5) is 28.5.